The average Bonchev–Trinajstić information content (AvgIpc) is 3.11. The molecule has 7 heteroatoms. The van der Waals surface area contributed by atoms with Crippen LogP contribution in [0.25, 0.3) is 0 Å². The van der Waals surface area contributed by atoms with Crippen LogP contribution in [0.15, 0.2) is 30.5 Å². The Bertz CT molecular complexity index is 803. The third kappa shape index (κ3) is 2.47. The first kappa shape index (κ1) is 15.9. The molecule has 1 aromatic heterocycles. The zero-order valence-corrected chi connectivity index (χ0v) is 13.6. The number of benzene rings is 1. The highest BCUT2D eigenvalue weighted by molar-refractivity contribution is 6.21. The number of hydrogen-bond acceptors (Lipinski definition) is 5. The molecule has 1 aliphatic rings. The van der Waals surface area contributed by atoms with Crippen LogP contribution in [-0.4, -0.2) is 32.6 Å². The van der Waals surface area contributed by atoms with Crippen molar-refractivity contribution in [2.24, 2.45) is 0 Å². The third-order valence-electron chi connectivity index (χ3n) is 3.81. The molecule has 0 saturated heterocycles. The van der Waals surface area contributed by atoms with Crippen LogP contribution in [0.4, 0.5) is 0 Å². The summed E-state index contributed by atoms with van der Waals surface area (Å²) in [5.41, 5.74) is 1.27. The standard InChI is InChI=1S/C17H17N3O4/c1-4-19-9-13(14(18-19)10(2)3)17(23)24-20-15(21)11-7-5-6-8-12(11)16(20)22/h5-10H,4H2,1-3H3. The van der Waals surface area contributed by atoms with Crippen LogP contribution >= 0.6 is 0 Å². The van der Waals surface area contributed by atoms with Crippen molar-refractivity contribution >= 4 is 17.8 Å². The van der Waals surface area contributed by atoms with E-state index in [4.69, 9.17) is 4.84 Å². The number of aryl methyl sites for hydroxylation is 1. The van der Waals surface area contributed by atoms with Gasteiger partial charge in [0.25, 0.3) is 11.8 Å². The number of hydroxylamine groups is 2. The summed E-state index contributed by atoms with van der Waals surface area (Å²) in [6, 6.07) is 6.35. The maximum Gasteiger partial charge on any atom is 0.367 e. The Balaban J connectivity index is 1.88. The van der Waals surface area contributed by atoms with Gasteiger partial charge in [-0.25, -0.2) is 4.79 Å². The van der Waals surface area contributed by atoms with Gasteiger partial charge < -0.3 is 4.84 Å². The molecule has 0 unspecified atom stereocenters. The van der Waals surface area contributed by atoms with E-state index in [0.717, 1.165) is 0 Å². The Hall–Kier alpha value is -2.96. The molecule has 0 spiro atoms. The molecule has 2 amide bonds. The summed E-state index contributed by atoms with van der Waals surface area (Å²) in [6.45, 7) is 6.30. The first-order chi connectivity index (χ1) is 11.4. The van der Waals surface area contributed by atoms with Crippen LogP contribution in [0.1, 0.15) is 63.5 Å². The van der Waals surface area contributed by atoms with Gasteiger partial charge in [0, 0.05) is 12.7 Å². The van der Waals surface area contributed by atoms with Crippen molar-refractivity contribution < 1.29 is 19.2 Å². The predicted octanol–water partition coefficient (Wildman–Crippen LogP) is 2.39. The van der Waals surface area contributed by atoms with Crippen LogP contribution in [0, 0.1) is 0 Å². The van der Waals surface area contributed by atoms with Crippen molar-refractivity contribution in [2.75, 3.05) is 0 Å². The molecule has 7 nitrogen and oxygen atoms in total. The second kappa shape index (κ2) is 5.92. The van der Waals surface area contributed by atoms with Crippen molar-refractivity contribution in [2.45, 2.75) is 33.2 Å². The van der Waals surface area contributed by atoms with E-state index in [1.807, 2.05) is 20.8 Å². The molecule has 0 saturated carbocycles. The lowest BCUT2D eigenvalue weighted by Gasteiger charge is -2.13. The summed E-state index contributed by atoms with van der Waals surface area (Å²) in [4.78, 5) is 42.1. The van der Waals surface area contributed by atoms with Gasteiger partial charge in [-0.3, -0.25) is 14.3 Å². The van der Waals surface area contributed by atoms with Gasteiger partial charge in [0.05, 0.1) is 16.8 Å². The molecule has 24 heavy (non-hydrogen) atoms. The van der Waals surface area contributed by atoms with E-state index in [2.05, 4.69) is 5.10 Å². The van der Waals surface area contributed by atoms with Gasteiger partial charge >= 0.3 is 5.97 Å². The van der Waals surface area contributed by atoms with E-state index in [-0.39, 0.29) is 22.6 Å². The number of amides is 2. The predicted molar refractivity (Wildman–Crippen MR) is 84.3 cm³/mol. The summed E-state index contributed by atoms with van der Waals surface area (Å²) in [5, 5.41) is 4.84. The fraction of sp³-hybridized carbons (Fsp3) is 0.294. The molecule has 0 N–H and O–H groups in total. The highest BCUT2D eigenvalue weighted by Crippen LogP contribution is 2.25. The minimum absolute atomic E-state index is 0.00234. The third-order valence-corrected chi connectivity index (χ3v) is 3.81. The molecule has 0 fully saturated rings. The second-order valence-electron chi connectivity index (χ2n) is 5.77. The minimum atomic E-state index is -0.770. The lowest BCUT2D eigenvalue weighted by molar-refractivity contribution is -0.0585. The van der Waals surface area contributed by atoms with Crippen LogP contribution in [0.5, 0.6) is 0 Å². The molecule has 0 bridgehead atoms. The zero-order valence-electron chi connectivity index (χ0n) is 13.6. The van der Waals surface area contributed by atoms with Gasteiger partial charge in [-0.2, -0.15) is 5.10 Å². The number of hydrogen-bond donors (Lipinski definition) is 0. The van der Waals surface area contributed by atoms with Crippen molar-refractivity contribution in [3.63, 3.8) is 0 Å². The largest absolute Gasteiger partial charge is 0.367 e. The average molecular weight is 327 g/mol. The number of fused-ring (bicyclic) bond motifs is 1. The summed E-state index contributed by atoms with van der Waals surface area (Å²) >= 11 is 0. The van der Waals surface area contributed by atoms with E-state index in [1.54, 1.807) is 23.0 Å². The Morgan fingerprint density at radius 3 is 2.25 bits per heavy atom. The molecule has 0 aliphatic carbocycles. The molecule has 0 atom stereocenters. The van der Waals surface area contributed by atoms with E-state index < -0.39 is 17.8 Å². The fourth-order valence-corrected chi connectivity index (χ4v) is 2.56. The van der Waals surface area contributed by atoms with Gasteiger partial charge in [0.1, 0.15) is 5.56 Å². The first-order valence-corrected chi connectivity index (χ1v) is 7.71. The Morgan fingerprint density at radius 1 is 1.17 bits per heavy atom. The van der Waals surface area contributed by atoms with Crippen molar-refractivity contribution in [1.29, 1.82) is 0 Å². The van der Waals surface area contributed by atoms with Gasteiger partial charge in [-0.05, 0) is 25.0 Å². The molecule has 1 aromatic carbocycles. The fourth-order valence-electron chi connectivity index (χ4n) is 2.56. The first-order valence-electron chi connectivity index (χ1n) is 7.71. The maximum atomic E-state index is 12.5. The van der Waals surface area contributed by atoms with Crippen LogP contribution in [0.3, 0.4) is 0 Å². The van der Waals surface area contributed by atoms with E-state index >= 15 is 0 Å². The van der Waals surface area contributed by atoms with Crippen molar-refractivity contribution in [1.82, 2.24) is 14.8 Å². The summed E-state index contributed by atoms with van der Waals surface area (Å²) in [6.07, 6.45) is 1.57. The number of imide groups is 1. The van der Waals surface area contributed by atoms with Gasteiger partial charge in [-0.1, -0.05) is 31.0 Å². The van der Waals surface area contributed by atoms with E-state index in [0.29, 0.717) is 17.3 Å². The summed E-state index contributed by atoms with van der Waals surface area (Å²) in [5.74, 6) is -2.05. The molecular weight excluding hydrogens is 310 g/mol. The highest BCUT2D eigenvalue weighted by Gasteiger charge is 2.39. The number of aromatic nitrogens is 2. The van der Waals surface area contributed by atoms with E-state index in [1.165, 1.54) is 12.1 Å². The Labute approximate surface area is 138 Å². The zero-order chi connectivity index (χ0) is 17.4. The summed E-state index contributed by atoms with van der Waals surface area (Å²) in [7, 11) is 0. The van der Waals surface area contributed by atoms with Crippen molar-refractivity contribution in [3.8, 4) is 0 Å². The molecular formula is C17H17N3O4. The quantitative estimate of drug-likeness (QED) is 0.805. The Morgan fingerprint density at radius 2 is 1.75 bits per heavy atom. The normalized spacial score (nSPS) is 13.6. The van der Waals surface area contributed by atoms with Gasteiger partial charge in [0.2, 0.25) is 0 Å². The van der Waals surface area contributed by atoms with Crippen LogP contribution in [-0.2, 0) is 11.4 Å². The second-order valence-corrected chi connectivity index (χ2v) is 5.77. The number of carbonyl (C=O) groups excluding carboxylic acids is 3. The number of rotatable bonds is 4. The molecule has 0 radical (unpaired) electrons. The molecule has 124 valence electrons. The SMILES string of the molecule is CCn1cc(C(=O)ON2C(=O)c3ccccc3C2=O)c(C(C)C)n1. The molecule has 2 heterocycles. The maximum absolute atomic E-state index is 12.5. The van der Waals surface area contributed by atoms with Gasteiger partial charge in [-0.15, -0.1) is 0 Å². The Kier molecular flexibility index (Phi) is 3.92. The minimum Gasteiger partial charge on any atom is -0.324 e. The smallest absolute Gasteiger partial charge is 0.324 e. The monoisotopic (exact) mass is 327 g/mol. The van der Waals surface area contributed by atoms with Gasteiger partial charge in [0.15, 0.2) is 0 Å². The molecule has 3 rings (SSSR count). The van der Waals surface area contributed by atoms with E-state index in [9.17, 15) is 14.4 Å². The summed E-state index contributed by atoms with van der Waals surface area (Å²) < 4.78 is 1.62. The lowest BCUT2D eigenvalue weighted by atomic mass is 10.1. The molecule has 1 aliphatic heterocycles. The molecule has 2 aromatic rings. The highest BCUT2D eigenvalue weighted by atomic mass is 16.7. The number of nitrogens with zero attached hydrogens (tertiary/aromatic N) is 3. The van der Waals surface area contributed by atoms with Crippen molar-refractivity contribution in [3.05, 3.63) is 52.8 Å². The lowest BCUT2D eigenvalue weighted by Crippen LogP contribution is -2.32. The van der Waals surface area contributed by atoms with Crippen LogP contribution in [0.2, 0.25) is 0 Å². The number of carbonyl (C=O) groups is 3. The topological polar surface area (TPSA) is 81.5 Å². The van der Waals surface area contributed by atoms with Crippen LogP contribution < -0.4 is 0 Å².